The highest BCUT2D eigenvalue weighted by atomic mass is 16.5. The van der Waals surface area contributed by atoms with Gasteiger partial charge >= 0.3 is 0 Å². The fourth-order valence-electron chi connectivity index (χ4n) is 2.62. The lowest BCUT2D eigenvalue weighted by molar-refractivity contribution is -0.124. The smallest absolute Gasteiger partial charge is 0.138 e. The minimum absolute atomic E-state index is 0.306. The van der Waals surface area contributed by atoms with Crippen LogP contribution in [-0.2, 0) is 14.3 Å². The van der Waals surface area contributed by atoms with Gasteiger partial charge in [-0.15, -0.1) is 0 Å². The Labute approximate surface area is 118 Å². The molecule has 0 radical (unpaired) electrons. The molecule has 0 aromatic rings. The summed E-state index contributed by atoms with van der Waals surface area (Å²) in [6.07, 6.45) is 10.2. The van der Waals surface area contributed by atoms with Crippen LogP contribution < -0.4 is 0 Å². The zero-order valence-corrected chi connectivity index (χ0v) is 12.5. The normalized spacial score (nSPS) is 17.9. The number of Topliss-reactive ketones (excluding diaryl/α,β-unsaturated/α-hetero) is 1. The molecule has 0 aliphatic heterocycles. The maximum atomic E-state index is 12.1. The summed E-state index contributed by atoms with van der Waals surface area (Å²) in [5, 5.41) is 0. The molecule has 0 N–H and O–H groups in total. The molecule has 0 unspecified atom stereocenters. The average Bonchev–Trinajstić information content (AvgIpc) is 2.37. The van der Waals surface area contributed by atoms with Gasteiger partial charge in [0.25, 0.3) is 0 Å². The molecule has 112 valence electrons. The largest absolute Gasteiger partial charge is 0.379 e. The monoisotopic (exact) mass is 270 g/mol. The van der Waals surface area contributed by atoms with E-state index in [-0.39, 0.29) is 0 Å². The summed E-state index contributed by atoms with van der Waals surface area (Å²) in [7, 11) is 0. The van der Waals surface area contributed by atoms with Crippen molar-refractivity contribution in [3.05, 3.63) is 0 Å². The Kier molecular flexibility index (Phi) is 10.0. The summed E-state index contributed by atoms with van der Waals surface area (Å²) in [5.74, 6) is 0.719. The van der Waals surface area contributed by atoms with Crippen molar-refractivity contribution < 1.29 is 14.3 Å². The van der Waals surface area contributed by atoms with Crippen LogP contribution >= 0.6 is 0 Å². The van der Waals surface area contributed by atoms with Gasteiger partial charge in [0.2, 0.25) is 0 Å². The fourth-order valence-corrected chi connectivity index (χ4v) is 2.62. The predicted molar refractivity (Wildman–Crippen MR) is 77.4 cm³/mol. The number of rotatable bonds is 9. The molecule has 1 fully saturated rings. The highest BCUT2D eigenvalue weighted by Crippen LogP contribution is 2.23. The lowest BCUT2D eigenvalue weighted by Crippen LogP contribution is -2.18. The molecule has 3 heteroatoms. The maximum absolute atomic E-state index is 12.1. The van der Waals surface area contributed by atoms with E-state index in [2.05, 4.69) is 6.92 Å². The summed E-state index contributed by atoms with van der Waals surface area (Å²) < 4.78 is 10.8. The highest BCUT2D eigenvalue weighted by molar-refractivity contribution is 5.81. The summed E-state index contributed by atoms with van der Waals surface area (Å²) in [6, 6.07) is 0. The van der Waals surface area contributed by atoms with Gasteiger partial charge in [0, 0.05) is 18.9 Å². The molecule has 1 saturated carbocycles. The molecule has 19 heavy (non-hydrogen) atoms. The van der Waals surface area contributed by atoms with Gasteiger partial charge in [-0.2, -0.15) is 0 Å². The van der Waals surface area contributed by atoms with E-state index in [4.69, 9.17) is 9.47 Å². The molecule has 0 bridgehead atoms. The molecular weight excluding hydrogens is 240 g/mol. The second kappa shape index (κ2) is 11.4. The third-order valence-electron chi connectivity index (χ3n) is 3.77. The Morgan fingerprint density at radius 3 is 2.11 bits per heavy atom. The van der Waals surface area contributed by atoms with Gasteiger partial charge in [-0.3, -0.25) is 4.79 Å². The second-order valence-electron chi connectivity index (χ2n) is 5.48. The van der Waals surface area contributed by atoms with E-state index in [0.717, 1.165) is 25.9 Å². The van der Waals surface area contributed by atoms with Crippen LogP contribution in [0.15, 0.2) is 0 Å². The first-order valence-corrected chi connectivity index (χ1v) is 8.02. The second-order valence-corrected chi connectivity index (χ2v) is 5.48. The molecule has 1 aliphatic rings. The van der Waals surface area contributed by atoms with Crippen LogP contribution in [0.25, 0.3) is 0 Å². The summed E-state index contributed by atoms with van der Waals surface area (Å²) in [4.78, 5) is 12.1. The average molecular weight is 270 g/mol. The van der Waals surface area contributed by atoms with Gasteiger partial charge in [-0.25, -0.2) is 0 Å². The van der Waals surface area contributed by atoms with E-state index >= 15 is 0 Å². The minimum Gasteiger partial charge on any atom is -0.379 e. The third-order valence-corrected chi connectivity index (χ3v) is 3.77. The number of ether oxygens (including phenoxy) is 2. The van der Waals surface area contributed by atoms with Crippen LogP contribution in [0.3, 0.4) is 0 Å². The van der Waals surface area contributed by atoms with Crippen LogP contribution in [0.4, 0.5) is 0 Å². The first-order chi connectivity index (χ1) is 9.34. The van der Waals surface area contributed by atoms with Gasteiger partial charge in [0.15, 0.2) is 0 Å². The lowest BCUT2D eigenvalue weighted by Gasteiger charge is -2.18. The lowest BCUT2D eigenvalue weighted by atomic mass is 9.87. The van der Waals surface area contributed by atoms with Crippen molar-refractivity contribution in [1.29, 1.82) is 0 Å². The van der Waals surface area contributed by atoms with E-state index in [0.29, 0.717) is 37.9 Å². The van der Waals surface area contributed by atoms with Crippen molar-refractivity contribution >= 4 is 5.78 Å². The van der Waals surface area contributed by atoms with Gasteiger partial charge < -0.3 is 9.47 Å². The molecule has 1 aliphatic carbocycles. The molecule has 0 heterocycles. The summed E-state index contributed by atoms with van der Waals surface area (Å²) in [6.45, 7) is 4.70. The van der Waals surface area contributed by atoms with Crippen molar-refractivity contribution in [2.24, 2.45) is 5.92 Å². The Morgan fingerprint density at radius 1 is 0.895 bits per heavy atom. The van der Waals surface area contributed by atoms with Crippen molar-refractivity contribution in [2.45, 2.75) is 64.7 Å². The molecule has 0 aromatic carbocycles. The van der Waals surface area contributed by atoms with Crippen molar-refractivity contribution in [3.8, 4) is 0 Å². The number of carbonyl (C=O) groups is 1. The van der Waals surface area contributed by atoms with Gasteiger partial charge in [-0.1, -0.05) is 39.0 Å². The van der Waals surface area contributed by atoms with E-state index in [1.807, 2.05) is 0 Å². The standard InChI is InChI=1S/C16H30O3/c1-2-11-18-13-14-19-12-10-16(17)15-8-6-4-3-5-7-9-15/h15H,2-14H2,1H3. The zero-order valence-electron chi connectivity index (χ0n) is 12.5. The van der Waals surface area contributed by atoms with Crippen molar-refractivity contribution in [3.63, 3.8) is 0 Å². The first-order valence-electron chi connectivity index (χ1n) is 8.02. The molecule has 1 rings (SSSR count). The van der Waals surface area contributed by atoms with E-state index in [1.54, 1.807) is 0 Å². The van der Waals surface area contributed by atoms with Crippen LogP contribution in [0.1, 0.15) is 64.7 Å². The number of hydrogen-bond acceptors (Lipinski definition) is 3. The molecule has 0 aromatic heterocycles. The molecule has 0 saturated heterocycles. The molecule has 0 amide bonds. The molecule has 0 spiro atoms. The molecule has 3 nitrogen and oxygen atoms in total. The highest BCUT2D eigenvalue weighted by Gasteiger charge is 2.18. The van der Waals surface area contributed by atoms with Crippen molar-refractivity contribution in [2.75, 3.05) is 26.4 Å². The zero-order chi connectivity index (χ0) is 13.8. The number of carbonyl (C=O) groups excluding carboxylic acids is 1. The van der Waals surface area contributed by atoms with E-state index in [1.165, 1.54) is 32.1 Å². The Bertz CT molecular complexity index is 220. The van der Waals surface area contributed by atoms with Crippen molar-refractivity contribution in [1.82, 2.24) is 0 Å². The van der Waals surface area contributed by atoms with E-state index < -0.39 is 0 Å². The van der Waals surface area contributed by atoms with Crippen LogP contribution in [0.2, 0.25) is 0 Å². The summed E-state index contributed by atoms with van der Waals surface area (Å²) in [5.41, 5.74) is 0. The SMILES string of the molecule is CCCOCCOCCC(=O)C1CCCCCCC1. The van der Waals surface area contributed by atoms with Crippen LogP contribution in [0, 0.1) is 5.92 Å². The Morgan fingerprint density at radius 2 is 1.47 bits per heavy atom. The first kappa shape index (κ1) is 16.6. The number of hydrogen-bond donors (Lipinski definition) is 0. The third kappa shape index (κ3) is 8.38. The van der Waals surface area contributed by atoms with Gasteiger partial charge in [-0.05, 0) is 19.3 Å². The molecule has 0 atom stereocenters. The number of ketones is 1. The predicted octanol–water partition coefficient (Wildman–Crippen LogP) is 3.75. The topological polar surface area (TPSA) is 35.5 Å². The van der Waals surface area contributed by atoms with Gasteiger partial charge in [0.05, 0.1) is 19.8 Å². The quantitative estimate of drug-likeness (QED) is 0.599. The van der Waals surface area contributed by atoms with Crippen LogP contribution in [-0.4, -0.2) is 32.2 Å². The van der Waals surface area contributed by atoms with Crippen LogP contribution in [0.5, 0.6) is 0 Å². The Balaban J connectivity index is 2.02. The maximum Gasteiger partial charge on any atom is 0.138 e. The summed E-state index contributed by atoms with van der Waals surface area (Å²) >= 11 is 0. The fraction of sp³-hybridized carbons (Fsp3) is 0.938. The Hall–Kier alpha value is -0.410. The van der Waals surface area contributed by atoms with E-state index in [9.17, 15) is 4.79 Å². The molecular formula is C16H30O3. The minimum atomic E-state index is 0.306. The van der Waals surface area contributed by atoms with Gasteiger partial charge in [0.1, 0.15) is 5.78 Å².